The smallest absolute Gasteiger partial charge is 0.293 e. The van der Waals surface area contributed by atoms with Crippen LogP contribution in [0.4, 0.5) is 5.69 Å². The van der Waals surface area contributed by atoms with Crippen LogP contribution >= 0.6 is 0 Å². The van der Waals surface area contributed by atoms with Crippen molar-refractivity contribution >= 4 is 11.6 Å². The third kappa shape index (κ3) is 2.72. The van der Waals surface area contributed by atoms with E-state index >= 15 is 0 Å². The van der Waals surface area contributed by atoms with Gasteiger partial charge in [0.2, 0.25) is 0 Å². The molecular formula is C17H20N2O2. The summed E-state index contributed by atoms with van der Waals surface area (Å²) in [6.45, 7) is 3.75. The number of rotatable bonds is 3. The van der Waals surface area contributed by atoms with Crippen LogP contribution in [0.1, 0.15) is 41.9 Å². The number of carbonyl (C=O) groups excluding carboxylic acids is 1. The van der Waals surface area contributed by atoms with Crippen molar-refractivity contribution in [3.63, 3.8) is 0 Å². The van der Waals surface area contributed by atoms with Crippen molar-refractivity contribution in [2.45, 2.75) is 25.8 Å². The molecule has 1 aromatic heterocycles. The Morgan fingerprint density at radius 2 is 2.19 bits per heavy atom. The highest BCUT2D eigenvalue weighted by atomic mass is 16.3. The number of furan rings is 1. The Morgan fingerprint density at radius 1 is 1.33 bits per heavy atom. The van der Waals surface area contributed by atoms with Gasteiger partial charge in [0.25, 0.3) is 5.91 Å². The van der Waals surface area contributed by atoms with Gasteiger partial charge in [-0.15, -0.1) is 0 Å². The molecule has 0 fully saturated rings. The maximum Gasteiger partial charge on any atom is 0.293 e. The van der Waals surface area contributed by atoms with Crippen LogP contribution in [0.3, 0.4) is 0 Å². The lowest BCUT2D eigenvalue weighted by molar-refractivity contribution is 0.0960. The van der Waals surface area contributed by atoms with E-state index in [4.69, 9.17) is 4.42 Å². The van der Waals surface area contributed by atoms with Crippen LogP contribution in [0.25, 0.3) is 0 Å². The third-order valence-electron chi connectivity index (χ3n) is 3.91. The molecule has 0 spiro atoms. The molecule has 4 nitrogen and oxygen atoms in total. The minimum absolute atomic E-state index is 0.0652. The van der Waals surface area contributed by atoms with E-state index in [0.717, 1.165) is 31.6 Å². The highest BCUT2D eigenvalue weighted by Crippen LogP contribution is 2.33. The lowest BCUT2D eigenvalue weighted by Gasteiger charge is -2.23. The van der Waals surface area contributed by atoms with E-state index < -0.39 is 0 Å². The van der Waals surface area contributed by atoms with Crippen molar-refractivity contribution < 1.29 is 9.21 Å². The average Bonchev–Trinajstić information content (AvgIpc) is 2.98. The quantitative estimate of drug-likeness (QED) is 0.940. The number of hydrogen-bond acceptors (Lipinski definition) is 3. The monoisotopic (exact) mass is 284 g/mol. The molecule has 1 aromatic carbocycles. The number of carbonyl (C=O) groups is 1. The van der Waals surface area contributed by atoms with E-state index in [1.165, 1.54) is 5.56 Å². The van der Waals surface area contributed by atoms with Gasteiger partial charge in [0, 0.05) is 18.3 Å². The van der Waals surface area contributed by atoms with E-state index in [9.17, 15) is 4.79 Å². The molecule has 1 atom stereocenters. The van der Waals surface area contributed by atoms with Crippen molar-refractivity contribution in [3.05, 3.63) is 54.0 Å². The van der Waals surface area contributed by atoms with Crippen LogP contribution in [-0.2, 0) is 0 Å². The van der Waals surface area contributed by atoms with E-state index in [-0.39, 0.29) is 5.91 Å². The zero-order chi connectivity index (χ0) is 14.7. The van der Waals surface area contributed by atoms with Crippen LogP contribution < -0.4 is 10.2 Å². The molecule has 1 aliphatic rings. The Hall–Kier alpha value is -2.07. The van der Waals surface area contributed by atoms with Gasteiger partial charge >= 0.3 is 0 Å². The fourth-order valence-electron chi connectivity index (χ4n) is 2.96. The first kappa shape index (κ1) is 13.9. The standard InChI is InChI=1S/C17H20N2O2/c1-2-18-14-8-5-11-19(15-9-4-3-7-13(14)15)17(20)16-10-6-12-21-16/h3-4,6-7,9-10,12,14,18H,2,5,8,11H2,1H3. The molecule has 0 saturated heterocycles. The van der Waals surface area contributed by atoms with Crippen molar-refractivity contribution in [3.8, 4) is 0 Å². The van der Waals surface area contributed by atoms with Crippen molar-refractivity contribution in [1.29, 1.82) is 0 Å². The lowest BCUT2D eigenvalue weighted by atomic mass is 10.0. The molecule has 0 aliphatic carbocycles. The first-order chi connectivity index (χ1) is 10.3. The Morgan fingerprint density at radius 3 is 2.95 bits per heavy atom. The van der Waals surface area contributed by atoms with Crippen molar-refractivity contribution in [1.82, 2.24) is 5.32 Å². The summed E-state index contributed by atoms with van der Waals surface area (Å²) in [6, 6.07) is 11.9. The summed E-state index contributed by atoms with van der Waals surface area (Å²) in [6.07, 6.45) is 3.55. The third-order valence-corrected chi connectivity index (χ3v) is 3.91. The normalized spacial score (nSPS) is 18.1. The van der Waals surface area contributed by atoms with Gasteiger partial charge in [-0.1, -0.05) is 25.1 Å². The van der Waals surface area contributed by atoms with Crippen LogP contribution in [0.2, 0.25) is 0 Å². The molecular weight excluding hydrogens is 264 g/mol. The minimum Gasteiger partial charge on any atom is -0.459 e. The molecule has 2 aromatic rings. The molecule has 2 heterocycles. The second-order valence-electron chi connectivity index (χ2n) is 5.25. The van der Waals surface area contributed by atoms with Gasteiger partial charge in [-0.25, -0.2) is 0 Å². The molecule has 1 N–H and O–H groups in total. The highest BCUT2D eigenvalue weighted by Gasteiger charge is 2.27. The second-order valence-corrected chi connectivity index (χ2v) is 5.25. The Bertz CT molecular complexity index is 607. The Labute approximate surface area is 124 Å². The van der Waals surface area contributed by atoms with Gasteiger partial charge in [0.05, 0.1) is 6.26 Å². The summed E-state index contributed by atoms with van der Waals surface area (Å²) in [5, 5.41) is 3.51. The summed E-state index contributed by atoms with van der Waals surface area (Å²) in [7, 11) is 0. The molecule has 1 unspecified atom stereocenters. The van der Waals surface area contributed by atoms with Gasteiger partial charge in [-0.3, -0.25) is 4.79 Å². The maximum absolute atomic E-state index is 12.7. The van der Waals surface area contributed by atoms with Crippen molar-refractivity contribution in [2.24, 2.45) is 0 Å². The predicted octanol–water partition coefficient (Wildman–Crippen LogP) is 3.37. The number of amides is 1. The first-order valence-corrected chi connectivity index (χ1v) is 7.49. The number of nitrogens with zero attached hydrogens (tertiary/aromatic N) is 1. The zero-order valence-corrected chi connectivity index (χ0v) is 12.2. The first-order valence-electron chi connectivity index (χ1n) is 7.49. The zero-order valence-electron chi connectivity index (χ0n) is 12.2. The molecule has 0 saturated carbocycles. The van der Waals surface area contributed by atoms with E-state index in [1.54, 1.807) is 18.4 Å². The summed E-state index contributed by atoms with van der Waals surface area (Å²) in [4.78, 5) is 14.5. The fourth-order valence-corrected chi connectivity index (χ4v) is 2.96. The van der Waals surface area contributed by atoms with Gasteiger partial charge in [-0.2, -0.15) is 0 Å². The Balaban J connectivity index is 1.98. The lowest BCUT2D eigenvalue weighted by Crippen LogP contribution is -2.31. The van der Waals surface area contributed by atoms with E-state index in [0.29, 0.717) is 11.8 Å². The molecule has 0 bridgehead atoms. The molecule has 4 heteroatoms. The fraction of sp³-hybridized carbons (Fsp3) is 0.353. The molecule has 3 rings (SSSR count). The minimum atomic E-state index is -0.0652. The number of hydrogen-bond donors (Lipinski definition) is 1. The SMILES string of the molecule is CCNC1CCCN(C(=O)c2ccco2)c2ccccc21. The molecule has 1 amide bonds. The predicted molar refractivity (Wildman–Crippen MR) is 82.5 cm³/mol. The topological polar surface area (TPSA) is 45.5 Å². The highest BCUT2D eigenvalue weighted by molar-refractivity contribution is 6.04. The summed E-state index contributed by atoms with van der Waals surface area (Å²) < 4.78 is 5.27. The van der Waals surface area contributed by atoms with Gasteiger partial charge < -0.3 is 14.6 Å². The Kier molecular flexibility index (Phi) is 4.06. The molecule has 1 aliphatic heterocycles. The number of anilines is 1. The van der Waals surface area contributed by atoms with Gasteiger partial charge in [-0.05, 0) is 43.1 Å². The van der Waals surface area contributed by atoms with E-state index in [2.05, 4.69) is 18.3 Å². The number of benzene rings is 1. The van der Waals surface area contributed by atoms with Gasteiger partial charge in [0.15, 0.2) is 5.76 Å². The summed E-state index contributed by atoms with van der Waals surface area (Å²) in [5.41, 5.74) is 2.18. The molecule has 110 valence electrons. The molecule has 21 heavy (non-hydrogen) atoms. The van der Waals surface area contributed by atoms with Crippen LogP contribution in [-0.4, -0.2) is 19.0 Å². The average molecular weight is 284 g/mol. The van der Waals surface area contributed by atoms with Crippen LogP contribution in [0.5, 0.6) is 0 Å². The summed E-state index contributed by atoms with van der Waals surface area (Å²) >= 11 is 0. The number of para-hydroxylation sites is 1. The summed E-state index contributed by atoms with van der Waals surface area (Å²) in [5.74, 6) is 0.330. The van der Waals surface area contributed by atoms with E-state index in [1.807, 2.05) is 23.1 Å². The maximum atomic E-state index is 12.7. The van der Waals surface area contributed by atoms with Crippen molar-refractivity contribution in [2.75, 3.05) is 18.0 Å². The number of fused-ring (bicyclic) bond motifs is 1. The van der Waals surface area contributed by atoms with Crippen LogP contribution in [0, 0.1) is 0 Å². The largest absolute Gasteiger partial charge is 0.459 e. The second kappa shape index (κ2) is 6.14. The molecule has 0 radical (unpaired) electrons. The van der Waals surface area contributed by atoms with Crippen LogP contribution in [0.15, 0.2) is 47.1 Å². The number of nitrogens with one attached hydrogen (secondary N) is 1. The van der Waals surface area contributed by atoms with Gasteiger partial charge in [0.1, 0.15) is 0 Å².